The van der Waals surface area contributed by atoms with E-state index < -0.39 is 0 Å². The monoisotopic (exact) mass is 565 g/mol. The zero-order valence-electron chi connectivity index (χ0n) is 25.3. The zero-order chi connectivity index (χ0) is 28.5. The molecule has 0 aliphatic rings. The van der Waals surface area contributed by atoms with Gasteiger partial charge in [0.25, 0.3) is 0 Å². The molecule has 0 spiro atoms. The number of methoxy groups -OCH3 is 2. The van der Waals surface area contributed by atoms with E-state index in [1.54, 1.807) is 14.2 Å². The molecule has 0 rings (SSSR count). The molecule has 0 aromatic heterocycles. The van der Waals surface area contributed by atoms with Crippen LogP contribution in [0.4, 0.5) is 0 Å². The first-order chi connectivity index (χ1) is 19.3. The van der Waals surface area contributed by atoms with Gasteiger partial charge >= 0.3 is 0 Å². The molecular formula is C29H59NO9. The molecule has 0 atom stereocenters. The molecule has 0 aliphatic heterocycles. The Bertz CT molecular complexity index is 460. The van der Waals surface area contributed by atoms with Gasteiger partial charge in [0.2, 0.25) is 5.91 Å². The van der Waals surface area contributed by atoms with Gasteiger partial charge in [0.1, 0.15) is 0 Å². The van der Waals surface area contributed by atoms with E-state index in [4.69, 9.17) is 37.9 Å². The zero-order valence-corrected chi connectivity index (χ0v) is 25.3. The third-order valence-electron chi connectivity index (χ3n) is 5.96. The molecule has 234 valence electrons. The molecule has 10 nitrogen and oxygen atoms in total. The summed E-state index contributed by atoms with van der Waals surface area (Å²) >= 11 is 0. The van der Waals surface area contributed by atoms with Crippen molar-refractivity contribution in [1.82, 2.24) is 4.90 Å². The Kier molecular flexibility index (Phi) is 32.6. The van der Waals surface area contributed by atoms with Crippen molar-refractivity contribution in [2.75, 3.05) is 120 Å². The maximum Gasteiger partial charge on any atom is 0.222 e. The lowest BCUT2D eigenvalue weighted by molar-refractivity contribution is -0.133. The van der Waals surface area contributed by atoms with Crippen molar-refractivity contribution in [3.63, 3.8) is 0 Å². The molecule has 39 heavy (non-hydrogen) atoms. The average Bonchev–Trinajstić information content (AvgIpc) is 2.94. The number of carbonyl (C=O) groups is 1. The molecule has 1 amide bonds. The second-order valence-electron chi connectivity index (χ2n) is 9.27. The summed E-state index contributed by atoms with van der Waals surface area (Å²) in [6, 6.07) is 0. The molecule has 0 aromatic rings. The maximum absolute atomic E-state index is 12.9. The van der Waals surface area contributed by atoms with Crippen molar-refractivity contribution >= 4 is 5.91 Å². The van der Waals surface area contributed by atoms with E-state index in [1.807, 2.05) is 4.90 Å². The topological polar surface area (TPSA) is 94.2 Å². The fourth-order valence-corrected chi connectivity index (χ4v) is 3.65. The molecule has 10 heteroatoms. The van der Waals surface area contributed by atoms with Crippen LogP contribution in [0, 0.1) is 0 Å². The van der Waals surface area contributed by atoms with E-state index in [1.165, 1.54) is 38.5 Å². The summed E-state index contributed by atoms with van der Waals surface area (Å²) in [7, 11) is 3.30. The van der Waals surface area contributed by atoms with Crippen molar-refractivity contribution in [2.24, 2.45) is 0 Å². The van der Waals surface area contributed by atoms with Crippen LogP contribution < -0.4 is 0 Å². The number of ether oxygens (including phenoxy) is 8. The van der Waals surface area contributed by atoms with Crippen LogP contribution in [-0.4, -0.2) is 131 Å². The fraction of sp³-hybridized carbons (Fsp3) is 0.966. The van der Waals surface area contributed by atoms with E-state index in [2.05, 4.69) is 6.92 Å². The highest BCUT2D eigenvalue weighted by Gasteiger charge is 2.13. The predicted octanol–water partition coefficient (Wildman–Crippen LogP) is 3.74. The Balaban J connectivity index is 4.04. The lowest BCUT2D eigenvalue weighted by Gasteiger charge is -2.23. The highest BCUT2D eigenvalue weighted by molar-refractivity contribution is 5.76. The molecule has 0 fully saturated rings. The van der Waals surface area contributed by atoms with E-state index in [0.717, 1.165) is 12.8 Å². The first kappa shape index (κ1) is 38.1. The number of carbonyl (C=O) groups excluding carboxylic acids is 1. The van der Waals surface area contributed by atoms with E-state index in [0.29, 0.717) is 112 Å². The number of nitrogens with zero attached hydrogens (tertiary/aromatic N) is 1. The van der Waals surface area contributed by atoms with Crippen molar-refractivity contribution < 1.29 is 42.7 Å². The highest BCUT2D eigenvalue weighted by Crippen LogP contribution is 2.10. The first-order valence-corrected chi connectivity index (χ1v) is 15.0. The second kappa shape index (κ2) is 33.4. The maximum atomic E-state index is 12.9. The Morgan fingerprint density at radius 1 is 0.462 bits per heavy atom. The summed E-state index contributed by atoms with van der Waals surface area (Å²) in [5.41, 5.74) is 0. The normalized spacial score (nSPS) is 11.4. The number of hydrogen-bond donors (Lipinski definition) is 0. The van der Waals surface area contributed by atoms with E-state index in [9.17, 15) is 4.79 Å². The summed E-state index contributed by atoms with van der Waals surface area (Å²) in [5.74, 6) is 0.169. The van der Waals surface area contributed by atoms with Crippen LogP contribution in [0.3, 0.4) is 0 Å². The van der Waals surface area contributed by atoms with Crippen LogP contribution in [0.15, 0.2) is 0 Å². The lowest BCUT2D eigenvalue weighted by Crippen LogP contribution is -2.37. The molecule has 0 bridgehead atoms. The summed E-state index contributed by atoms with van der Waals surface area (Å²) < 4.78 is 43.0. The SMILES string of the molecule is CCCCCCCCCCC(=O)N(CCOCCOCCOCCOC)CCOCCOCCOCCOC. The third kappa shape index (κ3) is 29.9. The van der Waals surface area contributed by atoms with Gasteiger partial charge in [0.15, 0.2) is 0 Å². The average molecular weight is 566 g/mol. The lowest BCUT2D eigenvalue weighted by atomic mass is 10.1. The van der Waals surface area contributed by atoms with Gasteiger partial charge < -0.3 is 42.8 Å². The van der Waals surface area contributed by atoms with Gasteiger partial charge in [0, 0.05) is 33.7 Å². The molecule has 0 aliphatic carbocycles. The number of unbranched alkanes of at least 4 members (excludes halogenated alkanes) is 7. The van der Waals surface area contributed by atoms with Gasteiger partial charge in [-0.15, -0.1) is 0 Å². The molecule has 0 heterocycles. The van der Waals surface area contributed by atoms with Crippen LogP contribution in [0.25, 0.3) is 0 Å². The molecule has 0 aromatic carbocycles. The van der Waals surface area contributed by atoms with Gasteiger partial charge in [-0.3, -0.25) is 4.79 Å². The number of hydrogen-bond acceptors (Lipinski definition) is 9. The minimum Gasteiger partial charge on any atom is -0.382 e. The largest absolute Gasteiger partial charge is 0.382 e. The Labute approximate surface area is 238 Å². The third-order valence-corrected chi connectivity index (χ3v) is 5.96. The van der Waals surface area contributed by atoms with Gasteiger partial charge in [-0.1, -0.05) is 51.9 Å². The van der Waals surface area contributed by atoms with Gasteiger partial charge in [-0.2, -0.15) is 0 Å². The highest BCUT2D eigenvalue weighted by atomic mass is 16.6. The molecular weight excluding hydrogens is 506 g/mol. The van der Waals surface area contributed by atoms with Crippen molar-refractivity contribution in [1.29, 1.82) is 0 Å². The standard InChI is InChI=1S/C29H59NO9/c1-4-5-6-7-8-9-10-11-12-29(31)30(13-15-34-21-23-38-27-25-36-19-17-32-2)14-16-35-22-24-39-28-26-37-20-18-33-3/h4-28H2,1-3H3. The summed E-state index contributed by atoms with van der Waals surface area (Å²) in [6.45, 7) is 10.7. The van der Waals surface area contributed by atoms with Crippen LogP contribution in [-0.2, 0) is 42.7 Å². The number of rotatable bonds is 33. The molecule has 0 radical (unpaired) electrons. The van der Waals surface area contributed by atoms with Crippen LogP contribution in [0.1, 0.15) is 64.7 Å². The van der Waals surface area contributed by atoms with Gasteiger partial charge in [-0.05, 0) is 6.42 Å². The summed E-state index contributed by atoms with van der Waals surface area (Å²) in [4.78, 5) is 14.7. The van der Waals surface area contributed by atoms with Crippen LogP contribution in [0.5, 0.6) is 0 Å². The van der Waals surface area contributed by atoms with Crippen LogP contribution >= 0.6 is 0 Å². The van der Waals surface area contributed by atoms with Crippen LogP contribution in [0.2, 0.25) is 0 Å². The first-order valence-electron chi connectivity index (χ1n) is 15.0. The van der Waals surface area contributed by atoms with Gasteiger partial charge in [-0.25, -0.2) is 0 Å². The van der Waals surface area contributed by atoms with E-state index >= 15 is 0 Å². The second-order valence-corrected chi connectivity index (χ2v) is 9.27. The quantitative estimate of drug-likeness (QED) is 0.110. The molecule has 0 N–H and O–H groups in total. The molecule has 0 saturated carbocycles. The van der Waals surface area contributed by atoms with E-state index in [-0.39, 0.29) is 5.91 Å². The minimum atomic E-state index is 0.169. The molecule has 0 unspecified atom stereocenters. The number of amides is 1. The Hall–Kier alpha value is -0.850. The minimum absolute atomic E-state index is 0.169. The van der Waals surface area contributed by atoms with Crippen molar-refractivity contribution in [2.45, 2.75) is 64.7 Å². The predicted molar refractivity (Wildman–Crippen MR) is 152 cm³/mol. The Morgan fingerprint density at radius 2 is 0.795 bits per heavy atom. The molecule has 0 saturated heterocycles. The summed E-state index contributed by atoms with van der Waals surface area (Å²) in [6.07, 6.45) is 10.3. The van der Waals surface area contributed by atoms with Gasteiger partial charge in [0.05, 0.1) is 92.5 Å². The smallest absolute Gasteiger partial charge is 0.222 e. The van der Waals surface area contributed by atoms with Crippen molar-refractivity contribution in [3.8, 4) is 0 Å². The Morgan fingerprint density at radius 3 is 1.18 bits per heavy atom. The fourth-order valence-electron chi connectivity index (χ4n) is 3.65. The van der Waals surface area contributed by atoms with Crippen molar-refractivity contribution in [3.05, 3.63) is 0 Å². The summed E-state index contributed by atoms with van der Waals surface area (Å²) in [5, 5.41) is 0.